The van der Waals surface area contributed by atoms with Crippen LogP contribution in [0.25, 0.3) is 22.3 Å². The van der Waals surface area contributed by atoms with Crippen LogP contribution in [0, 0.1) is 0 Å². The van der Waals surface area contributed by atoms with E-state index >= 15 is 0 Å². The summed E-state index contributed by atoms with van der Waals surface area (Å²) >= 11 is 0. The van der Waals surface area contributed by atoms with Gasteiger partial charge < -0.3 is 14.6 Å². The van der Waals surface area contributed by atoms with E-state index < -0.39 is 17.7 Å². The maximum Gasteiger partial charge on any atom is 0.416 e. The summed E-state index contributed by atoms with van der Waals surface area (Å²) in [5.41, 5.74) is 0.954. The predicted octanol–water partition coefficient (Wildman–Crippen LogP) is 4.82. The molecule has 2 aromatic heterocycles. The topological polar surface area (TPSA) is 69.0 Å². The summed E-state index contributed by atoms with van der Waals surface area (Å²) in [5.74, 6) is -2.96. The number of aromatic nitrogens is 3. The third-order valence-corrected chi connectivity index (χ3v) is 5.69. The van der Waals surface area contributed by atoms with E-state index in [0.717, 1.165) is 12.1 Å². The van der Waals surface area contributed by atoms with Crippen molar-refractivity contribution >= 4 is 17.1 Å². The second-order valence-corrected chi connectivity index (χ2v) is 8.05. The molecule has 176 valence electrons. The van der Waals surface area contributed by atoms with Crippen LogP contribution in [0.4, 0.5) is 22.0 Å². The molecule has 6 nitrogen and oxygen atoms in total. The van der Waals surface area contributed by atoms with Gasteiger partial charge in [-0.25, -0.2) is 18.7 Å². The molecule has 1 aromatic carbocycles. The molecule has 1 saturated carbocycles. The smallest absolute Gasteiger partial charge is 0.416 e. The van der Waals surface area contributed by atoms with E-state index in [9.17, 15) is 26.7 Å². The molecule has 0 spiro atoms. The van der Waals surface area contributed by atoms with Crippen LogP contribution in [0.1, 0.15) is 31.2 Å². The van der Waals surface area contributed by atoms with Crippen molar-refractivity contribution in [1.82, 2.24) is 19.9 Å². The van der Waals surface area contributed by atoms with Gasteiger partial charge in [-0.3, -0.25) is 4.79 Å². The van der Waals surface area contributed by atoms with E-state index in [0.29, 0.717) is 22.3 Å². The highest BCUT2D eigenvalue weighted by atomic mass is 19.4. The SMILES string of the molecule is COc1cc(C(F)(F)F)ccc1-c1cnc2c(c1)ncn2CC(=O)NC1CCC(F)(F)CC1. The summed E-state index contributed by atoms with van der Waals surface area (Å²) in [5, 5.41) is 2.77. The minimum atomic E-state index is -4.49. The average Bonchev–Trinajstić information content (AvgIpc) is 3.16. The highest BCUT2D eigenvalue weighted by molar-refractivity contribution is 5.82. The van der Waals surface area contributed by atoms with Gasteiger partial charge in [0, 0.05) is 36.2 Å². The highest BCUT2D eigenvalue weighted by Gasteiger charge is 2.35. The number of alkyl halides is 5. The van der Waals surface area contributed by atoms with E-state index in [1.165, 1.54) is 30.3 Å². The van der Waals surface area contributed by atoms with E-state index in [1.807, 2.05) is 0 Å². The number of nitrogens with zero attached hydrogens (tertiary/aromatic N) is 3. The number of hydrogen-bond acceptors (Lipinski definition) is 4. The monoisotopic (exact) mass is 468 g/mol. The molecule has 11 heteroatoms. The number of fused-ring (bicyclic) bond motifs is 1. The molecule has 1 aliphatic carbocycles. The number of nitrogens with one attached hydrogen (secondary N) is 1. The van der Waals surface area contributed by atoms with Crippen LogP contribution >= 0.6 is 0 Å². The van der Waals surface area contributed by atoms with Crippen molar-refractivity contribution in [1.29, 1.82) is 0 Å². The van der Waals surface area contributed by atoms with Crippen LogP contribution in [-0.4, -0.2) is 39.5 Å². The minimum Gasteiger partial charge on any atom is -0.496 e. The van der Waals surface area contributed by atoms with E-state index in [4.69, 9.17) is 4.74 Å². The number of halogens is 5. The Kier molecular flexibility index (Phi) is 5.98. The number of rotatable bonds is 5. The highest BCUT2D eigenvalue weighted by Crippen LogP contribution is 2.37. The van der Waals surface area contributed by atoms with Gasteiger partial charge in [-0.2, -0.15) is 13.2 Å². The van der Waals surface area contributed by atoms with E-state index in [2.05, 4.69) is 15.3 Å². The molecule has 0 bridgehead atoms. The Bertz CT molecular complexity index is 1170. The summed E-state index contributed by atoms with van der Waals surface area (Å²) in [7, 11) is 1.28. The Morgan fingerprint density at radius 1 is 1.21 bits per heavy atom. The number of amides is 1. The Balaban J connectivity index is 1.50. The van der Waals surface area contributed by atoms with Gasteiger partial charge in [0.25, 0.3) is 0 Å². The molecule has 4 rings (SSSR count). The van der Waals surface area contributed by atoms with Gasteiger partial charge >= 0.3 is 6.18 Å². The average molecular weight is 468 g/mol. The van der Waals surface area contributed by atoms with Gasteiger partial charge in [0.2, 0.25) is 11.8 Å². The summed E-state index contributed by atoms with van der Waals surface area (Å²) < 4.78 is 72.2. The third-order valence-electron chi connectivity index (χ3n) is 5.69. The van der Waals surface area contributed by atoms with Crippen LogP contribution in [0.15, 0.2) is 36.8 Å². The summed E-state index contributed by atoms with van der Waals surface area (Å²) in [6, 6.07) is 4.54. The van der Waals surface area contributed by atoms with Crippen LogP contribution in [0.2, 0.25) is 0 Å². The predicted molar refractivity (Wildman–Crippen MR) is 110 cm³/mol. The molecule has 1 N–H and O–H groups in total. The number of pyridine rings is 1. The number of imidazole rings is 1. The largest absolute Gasteiger partial charge is 0.496 e. The Morgan fingerprint density at radius 3 is 2.61 bits per heavy atom. The molecule has 0 aliphatic heterocycles. The molecule has 33 heavy (non-hydrogen) atoms. The molecule has 2 heterocycles. The molecule has 1 amide bonds. The van der Waals surface area contributed by atoms with Crippen molar-refractivity contribution in [3.8, 4) is 16.9 Å². The first-order valence-electron chi connectivity index (χ1n) is 10.3. The first-order chi connectivity index (χ1) is 15.6. The van der Waals surface area contributed by atoms with Crippen LogP contribution < -0.4 is 10.1 Å². The second-order valence-electron chi connectivity index (χ2n) is 8.05. The quantitative estimate of drug-likeness (QED) is 0.546. The van der Waals surface area contributed by atoms with E-state index in [-0.39, 0.29) is 49.9 Å². The van der Waals surface area contributed by atoms with Gasteiger partial charge in [-0.05, 0) is 37.1 Å². The van der Waals surface area contributed by atoms with Crippen molar-refractivity contribution in [3.05, 3.63) is 42.4 Å². The lowest BCUT2D eigenvalue weighted by molar-refractivity contribution is -0.137. The Morgan fingerprint density at radius 2 is 1.94 bits per heavy atom. The fraction of sp³-hybridized carbons (Fsp3) is 0.409. The van der Waals surface area contributed by atoms with Crippen molar-refractivity contribution < 1.29 is 31.5 Å². The van der Waals surface area contributed by atoms with Gasteiger partial charge in [0.15, 0.2) is 5.65 Å². The summed E-state index contributed by atoms with van der Waals surface area (Å²) in [4.78, 5) is 20.9. The molecule has 0 atom stereocenters. The number of benzene rings is 1. The number of carbonyl (C=O) groups is 1. The zero-order chi connectivity index (χ0) is 23.8. The maximum atomic E-state index is 13.3. The van der Waals surface area contributed by atoms with Crippen LogP contribution in [0.3, 0.4) is 0 Å². The van der Waals surface area contributed by atoms with Crippen LogP contribution in [-0.2, 0) is 17.5 Å². The number of hydrogen-bond donors (Lipinski definition) is 1. The lowest BCUT2D eigenvalue weighted by Crippen LogP contribution is -2.41. The van der Waals surface area contributed by atoms with Crippen molar-refractivity contribution in [2.75, 3.05) is 7.11 Å². The summed E-state index contributed by atoms with van der Waals surface area (Å²) in [6.07, 6.45) is -1.65. The second kappa shape index (κ2) is 8.60. The third kappa shape index (κ3) is 5.07. The minimum absolute atomic E-state index is 0.0443. The Labute approximate surface area is 185 Å². The van der Waals surface area contributed by atoms with Crippen LogP contribution in [0.5, 0.6) is 5.75 Å². The van der Waals surface area contributed by atoms with Gasteiger partial charge in [0.05, 0.1) is 19.0 Å². The fourth-order valence-corrected chi connectivity index (χ4v) is 3.93. The zero-order valence-corrected chi connectivity index (χ0v) is 17.6. The number of carbonyl (C=O) groups excluding carboxylic acids is 1. The molecule has 1 aliphatic rings. The lowest BCUT2D eigenvalue weighted by Gasteiger charge is -2.28. The maximum absolute atomic E-state index is 13.3. The van der Waals surface area contributed by atoms with Gasteiger partial charge in [-0.15, -0.1) is 0 Å². The lowest BCUT2D eigenvalue weighted by atomic mass is 9.92. The van der Waals surface area contributed by atoms with Crippen molar-refractivity contribution in [2.45, 2.75) is 50.4 Å². The molecular weight excluding hydrogens is 447 g/mol. The molecule has 0 radical (unpaired) electrons. The molecular formula is C22H21F5N4O2. The number of methoxy groups -OCH3 is 1. The van der Waals surface area contributed by atoms with Gasteiger partial charge in [0.1, 0.15) is 17.8 Å². The molecule has 3 aromatic rings. The van der Waals surface area contributed by atoms with Crippen molar-refractivity contribution in [3.63, 3.8) is 0 Å². The fourth-order valence-electron chi connectivity index (χ4n) is 3.93. The first kappa shape index (κ1) is 22.9. The van der Waals surface area contributed by atoms with Crippen molar-refractivity contribution in [2.24, 2.45) is 0 Å². The standard InChI is InChI=1S/C22H21F5N4O2/c1-33-18-9-14(22(25,26)27)2-3-16(18)13-8-17-20(28-10-13)31(12-29-17)11-19(32)30-15-4-6-21(23,24)7-5-15/h2-3,8-10,12,15H,4-7,11H2,1H3,(H,30,32). The zero-order valence-electron chi connectivity index (χ0n) is 17.6. The number of ether oxygens (including phenoxy) is 1. The van der Waals surface area contributed by atoms with Gasteiger partial charge in [-0.1, -0.05) is 0 Å². The molecule has 1 fully saturated rings. The normalized spacial score (nSPS) is 16.7. The molecule has 0 saturated heterocycles. The molecule has 0 unspecified atom stereocenters. The first-order valence-corrected chi connectivity index (χ1v) is 10.3. The van der Waals surface area contributed by atoms with E-state index in [1.54, 1.807) is 6.07 Å². The Hall–Kier alpha value is -3.24. The summed E-state index contributed by atoms with van der Waals surface area (Å²) in [6.45, 7) is -0.0840.